The number of piperidine rings is 1. The van der Waals surface area contributed by atoms with Gasteiger partial charge < -0.3 is 14.8 Å². The molecule has 2 aromatic rings. The van der Waals surface area contributed by atoms with Crippen LogP contribution in [0.3, 0.4) is 0 Å². The Balaban J connectivity index is 1.31. The Hall–Kier alpha value is -1.99. The van der Waals surface area contributed by atoms with Gasteiger partial charge in [0.05, 0.1) is 6.42 Å². The summed E-state index contributed by atoms with van der Waals surface area (Å²) in [6.07, 6.45) is 2.83. The average molecular weight is 416 g/mol. The summed E-state index contributed by atoms with van der Waals surface area (Å²) in [6.45, 7) is 4.79. The molecule has 0 spiro atoms. The maximum Gasteiger partial charge on any atom is 0.227 e. The normalized spacial score (nSPS) is 17.5. The number of hydrogen-bond acceptors (Lipinski definition) is 4. The lowest BCUT2D eigenvalue weighted by Crippen LogP contribution is -2.46. The van der Waals surface area contributed by atoms with Gasteiger partial charge in [0.2, 0.25) is 11.8 Å². The summed E-state index contributed by atoms with van der Waals surface area (Å²) >= 11 is 6.63. The van der Waals surface area contributed by atoms with E-state index >= 15 is 0 Å². The summed E-state index contributed by atoms with van der Waals surface area (Å²) in [5, 5.41) is 0. The number of aromatic amines is 1. The highest BCUT2D eigenvalue weighted by Gasteiger charge is 2.31. The van der Waals surface area contributed by atoms with E-state index in [1.807, 2.05) is 22.8 Å². The Morgan fingerprint density at radius 1 is 1.14 bits per heavy atom. The molecule has 2 aliphatic rings. The standard InChI is InChI=1S/C21H25N3O2S2/c1-14-18(28-21(27)22-14)12-19(25)23-9-7-16(8-10-23)20(26)24-11-6-15-4-2-3-5-17(15)13-24/h2-5,16H,6-13H2,1H3,(H,22,27). The van der Waals surface area contributed by atoms with Crippen LogP contribution < -0.4 is 0 Å². The quantitative estimate of drug-likeness (QED) is 0.781. The minimum Gasteiger partial charge on any atom is -0.342 e. The van der Waals surface area contributed by atoms with Gasteiger partial charge in [-0.1, -0.05) is 24.3 Å². The van der Waals surface area contributed by atoms with E-state index in [9.17, 15) is 9.59 Å². The highest BCUT2D eigenvalue weighted by molar-refractivity contribution is 7.73. The molecule has 0 unspecified atom stereocenters. The molecule has 1 aromatic heterocycles. The molecule has 5 nitrogen and oxygen atoms in total. The number of carbonyl (C=O) groups is 2. The molecule has 0 aliphatic carbocycles. The van der Waals surface area contributed by atoms with Crippen LogP contribution >= 0.6 is 23.6 Å². The first-order chi connectivity index (χ1) is 13.5. The maximum atomic E-state index is 13.0. The zero-order valence-corrected chi connectivity index (χ0v) is 17.7. The maximum absolute atomic E-state index is 13.0. The van der Waals surface area contributed by atoms with Crippen LogP contribution in [0.4, 0.5) is 0 Å². The van der Waals surface area contributed by atoms with Gasteiger partial charge in [-0.3, -0.25) is 9.59 Å². The van der Waals surface area contributed by atoms with Crippen molar-refractivity contribution >= 4 is 35.4 Å². The Kier molecular flexibility index (Phi) is 5.64. The van der Waals surface area contributed by atoms with Crippen LogP contribution in [-0.4, -0.2) is 46.2 Å². The van der Waals surface area contributed by atoms with Crippen molar-refractivity contribution in [3.63, 3.8) is 0 Å². The highest BCUT2D eigenvalue weighted by Crippen LogP contribution is 2.25. The number of thiazole rings is 1. The molecule has 3 heterocycles. The molecule has 0 atom stereocenters. The number of aryl methyl sites for hydroxylation is 1. The Morgan fingerprint density at radius 3 is 2.54 bits per heavy atom. The van der Waals surface area contributed by atoms with Crippen LogP contribution in [0, 0.1) is 16.8 Å². The number of rotatable bonds is 3. The Bertz CT molecular complexity index is 941. The van der Waals surface area contributed by atoms with Gasteiger partial charge in [0, 0.05) is 42.7 Å². The molecule has 1 aromatic carbocycles. The Morgan fingerprint density at radius 2 is 1.86 bits per heavy atom. The van der Waals surface area contributed by atoms with Crippen molar-refractivity contribution in [2.24, 2.45) is 5.92 Å². The number of H-pyrrole nitrogens is 1. The molecule has 7 heteroatoms. The summed E-state index contributed by atoms with van der Waals surface area (Å²) in [4.78, 5) is 33.6. The highest BCUT2D eigenvalue weighted by atomic mass is 32.1. The first kappa shape index (κ1) is 19.3. The van der Waals surface area contributed by atoms with Crippen molar-refractivity contribution in [2.75, 3.05) is 19.6 Å². The molecule has 28 heavy (non-hydrogen) atoms. The molecule has 0 bridgehead atoms. The van der Waals surface area contributed by atoms with E-state index in [2.05, 4.69) is 23.2 Å². The number of likely N-dealkylation sites (tertiary alicyclic amines) is 1. The number of nitrogens with one attached hydrogen (secondary N) is 1. The molecule has 0 radical (unpaired) electrons. The van der Waals surface area contributed by atoms with Crippen molar-refractivity contribution in [1.82, 2.24) is 14.8 Å². The van der Waals surface area contributed by atoms with Crippen LogP contribution in [0.1, 0.15) is 34.5 Å². The summed E-state index contributed by atoms with van der Waals surface area (Å²) in [6, 6.07) is 8.38. The van der Waals surface area contributed by atoms with Crippen LogP contribution in [0.15, 0.2) is 24.3 Å². The van der Waals surface area contributed by atoms with Gasteiger partial charge in [-0.2, -0.15) is 0 Å². The number of amides is 2. The largest absolute Gasteiger partial charge is 0.342 e. The van der Waals surface area contributed by atoms with Gasteiger partial charge in [-0.25, -0.2) is 0 Å². The van der Waals surface area contributed by atoms with E-state index in [1.165, 1.54) is 22.5 Å². The van der Waals surface area contributed by atoms with Gasteiger partial charge in [-0.15, -0.1) is 11.3 Å². The first-order valence-corrected chi connectivity index (χ1v) is 11.1. The minimum absolute atomic E-state index is 0.0327. The lowest BCUT2D eigenvalue weighted by atomic mass is 9.93. The number of carbonyl (C=O) groups excluding carboxylic acids is 2. The molecule has 4 rings (SSSR count). The third kappa shape index (κ3) is 4.05. The van der Waals surface area contributed by atoms with Crippen molar-refractivity contribution in [3.05, 3.63) is 49.9 Å². The second-order valence-corrected chi connectivity index (χ2v) is 9.44. The molecular weight excluding hydrogens is 390 g/mol. The summed E-state index contributed by atoms with van der Waals surface area (Å²) < 4.78 is 0.715. The fraction of sp³-hybridized carbons (Fsp3) is 0.476. The average Bonchev–Trinajstić information content (AvgIpc) is 3.03. The zero-order chi connectivity index (χ0) is 19.7. The van der Waals surface area contributed by atoms with E-state index in [4.69, 9.17) is 12.2 Å². The van der Waals surface area contributed by atoms with Crippen molar-refractivity contribution in [3.8, 4) is 0 Å². The third-order valence-corrected chi connectivity index (χ3v) is 7.21. The van der Waals surface area contributed by atoms with E-state index in [0.29, 0.717) is 30.0 Å². The van der Waals surface area contributed by atoms with Crippen LogP contribution in [-0.2, 0) is 29.0 Å². The molecule has 1 saturated heterocycles. The summed E-state index contributed by atoms with van der Waals surface area (Å²) in [7, 11) is 0. The van der Waals surface area contributed by atoms with Gasteiger partial charge in [0.25, 0.3) is 0 Å². The lowest BCUT2D eigenvalue weighted by molar-refractivity contribution is -0.141. The van der Waals surface area contributed by atoms with Crippen molar-refractivity contribution in [1.29, 1.82) is 0 Å². The number of benzene rings is 1. The second kappa shape index (κ2) is 8.17. The molecule has 148 valence electrons. The van der Waals surface area contributed by atoms with Crippen molar-refractivity contribution in [2.45, 2.75) is 39.2 Å². The van der Waals surface area contributed by atoms with E-state index in [0.717, 1.165) is 36.4 Å². The van der Waals surface area contributed by atoms with Crippen molar-refractivity contribution < 1.29 is 9.59 Å². The van der Waals surface area contributed by atoms with Crippen LogP contribution in [0.2, 0.25) is 0 Å². The molecule has 2 amide bonds. The number of fused-ring (bicyclic) bond motifs is 1. The summed E-state index contributed by atoms with van der Waals surface area (Å²) in [5.41, 5.74) is 3.60. The molecular formula is C21H25N3O2S2. The SMILES string of the molecule is Cc1[nH]c(=S)sc1CC(=O)N1CCC(C(=O)N2CCc3ccccc3C2)CC1. The fourth-order valence-electron chi connectivity index (χ4n) is 4.17. The topological polar surface area (TPSA) is 56.4 Å². The van der Waals surface area contributed by atoms with Crippen LogP contribution in [0.5, 0.6) is 0 Å². The minimum atomic E-state index is 0.0327. The predicted octanol–water partition coefficient (Wildman–Crippen LogP) is 3.48. The third-order valence-electron chi connectivity index (χ3n) is 5.87. The van der Waals surface area contributed by atoms with E-state index < -0.39 is 0 Å². The van der Waals surface area contributed by atoms with Gasteiger partial charge in [-0.05, 0) is 49.5 Å². The van der Waals surface area contributed by atoms with E-state index in [1.54, 1.807) is 0 Å². The first-order valence-electron chi connectivity index (χ1n) is 9.83. The zero-order valence-electron chi connectivity index (χ0n) is 16.1. The smallest absolute Gasteiger partial charge is 0.227 e. The monoisotopic (exact) mass is 415 g/mol. The predicted molar refractivity (Wildman–Crippen MR) is 113 cm³/mol. The van der Waals surface area contributed by atoms with Gasteiger partial charge in [0.15, 0.2) is 3.95 Å². The Labute approximate surface area is 174 Å². The van der Waals surface area contributed by atoms with E-state index in [-0.39, 0.29) is 17.7 Å². The molecule has 1 fully saturated rings. The number of nitrogens with zero attached hydrogens (tertiary/aromatic N) is 2. The van der Waals surface area contributed by atoms with Crippen LogP contribution in [0.25, 0.3) is 0 Å². The number of hydrogen-bond donors (Lipinski definition) is 1. The number of aromatic nitrogens is 1. The fourth-order valence-corrected chi connectivity index (χ4v) is 5.46. The molecule has 2 aliphatic heterocycles. The van der Waals surface area contributed by atoms with Gasteiger partial charge in [0.1, 0.15) is 0 Å². The molecule has 1 N–H and O–H groups in total. The van der Waals surface area contributed by atoms with Gasteiger partial charge >= 0.3 is 0 Å². The molecule has 0 saturated carbocycles. The lowest BCUT2D eigenvalue weighted by Gasteiger charge is -2.36. The second-order valence-electron chi connectivity index (χ2n) is 7.67. The summed E-state index contributed by atoms with van der Waals surface area (Å²) in [5.74, 6) is 0.414.